The van der Waals surface area contributed by atoms with Crippen molar-refractivity contribution in [2.24, 2.45) is 0 Å². The van der Waals surface area contributed by atoms with Gasteiger partial charge in [-0.3, -0.25) is 9.78 Å². The van der Waals surface area contributed by atoms with E-state index in [0.29, 0.717) is 12.2 Å². The minimum absolute atomic E-state index is 0.0847. The SMILES string of the molecule is CN(C)C(CNC(=O)c1cnccn1)c1ccc2c(c1)CCO2. The zero-order valence-electron chi connectivity index (χ0n) is 13.3. The monoisotopic (exact) mass is 312 g/mol. The maximum atomic E-state index is 12.1. The van der Waals surface area contributed by atoms with E-state index in [1.807, 2.05) is 20.2 Å². The average molecular weight is 312 g/mol. The van der Waals surface area contributed by atoms with Gasteiger partial charge in [0.25, 0.3) is 5.91 Å². The summed E-state index contributed by atoms with van der Waals surface area (Å²) in [6.07, 6.45) is 5.47. The van der Waals surface area contributed by atoms with Crippen LogP contribution in [0.1, 0.15) is 27.7 Å². The van der Waals surface area contributed by atoms with E-state index in [1.54, 1.807) is 6.20 Å². The molecule has 1 aliphatic rings. The highest BCUT2D eigenvalue weighted by atomic mass is 16.5. The lowest BCUT2D eigenvalue weighted by atomic mass is 10.0. The zero-order chi connectivity index (χ0) is 16.2. The van der Waals surface area contributed by atoms with Crippen molar-refractivity contribution < 1.29 is 9.53 Å². The van der Waals surface area contributed by atoms with Crippen molar-refractivity contribution in [3.05, 3.63) is 53.6 Å². The third-order valence-electron chi connectivity index (χ3n) is 3.97. The standard InChI is InChI=1S/C17H20N4O2/c1-21(2)15(11-20-17(22)14-10-18-6-7-19-14)12-3-4-16-13(9-12)5-8-23-16/h3-4,6-7,9-10,15H,5,8,11H2,1-2H3,(H,20,22). The molecular weight excluding hydrogens is 292 g/mol. The van der Waals surface area contributed by atoms with Crippen molar-refractivity contribution in [2.75, 3.05) is 27.2 Å². The van der Waals surface area contributed by atoms with Crippen molar-refractivity contribution in [3.63, 3.8) is 0 Å². The Labute approximate surface area is 135 Å². The number of aromatic nitrogens is 2. The minimum Gasteiger partial charge on any atom is -0.493 e. The Bertz CT molecular complexity index is 688. The number of benzene rings is 1. The number of carbonyl (C=O) groups is 1. The van der Waals surface area contributed by atoms with E-state index >= 15 is 0 Å². The Morgan fingerprint density at radius 2 is 2.26 bits per heavy atom. The number of hydrogen-bond donors (Lipinski definition) is 1. The molecule has 1 aliphatic heterocycles. The van der Waals surface area contributed by atoms with E-state index in [2.05, 4.69) is 32.3 Å². The van der Waals surface area contributed by atoms with Crippen LogP contribution in [0.2, 0.25) is 0 Å². The molecule has 1 unspecified atom stereocenters. The molecule has 1 atom stereocenters. The number of hydrogen-bond acceptors (Lipinski definition) is 5. The fourth-order valence-corrected chi connectivity index (χ4v) is 2.71. The molecule has 1 N–H and O–H groups in total. The van der Waals surface area contributed by atoms with Gasteiger partial charge in [0.1, 0.15) is 11.4 Å². The molecule has 0 saturated carbocycles. The zero-order valence-corrected chi connectivity index (χ0v) is 13.3. The second kappa shape index (κ2) is 6.75. The summed E-state index contributed by atoms with van der Waals surface area (Å²) < 4.78 is 5.55. The highest BCUT2D eigenvalue weighted by Crippen LogP contribution is 2.29. The molecule has 2 aromatic rings. The molecule has 23 heavy (non-hydrogen) atoms. The van der Waals surface area contributed by atoms with E-state index < -0.39 is 0 Å². The Balaban J connectivity index is 1.71. The summed E-state index contributed by atoms with van der Waals surface area (Å²) in [5.41, 5.74) is 2.72. The lowest BCUT2D eigenvalue weighted by Crippen LogP contribution is -2.35. The van der Waals surface area contributed by atoms with Crippen molar-refractivity contribution >= 4 is 5.91 Å². The Hall–Kier alpha value is -2.47. The molecule has 3 rings (SSSR count). The number of carbonyl (C=O) groups excluding carboxylic acids is 1. The third kappa shape index (κ3) is 3.48. The topological polar surface area (TPSA) is 67.4 Å². The van der Waals surface area contributed by atoms with Gasteiger partial charge in [-0.2, -0.15) is 0 Å². The number of likely N-dealkylation sites (N-methyl/N-ethyl adjacent to an activating group) is 1. The molecule has 0 bridgehead atoms. The van der Waals surface area contributed by atoms with Gasteiger partial charge in [0.2, 0.25) is 0 Å². The number of rotatable bonds is 5. The molecule has 1 aromatic heterocycles. The van der Waals surface area contributed by atoms with Crippen molar-refractivity contribution in [1.29, 1.82) is 0 Å². The van der Waals surface area contributed by atoms with Crippen LogP contribution in [0.25, 0.3) is 0 Å². The van der Waals surface area contributed by atoms with Gasteiger partial charge in [-0.05, 0) is 31.3 Å². The molecule has 0 fully saturated rings. The Morgan fingerprint density at radius 1 is 1.39 bits per heavy atom. The van der Waals surface area contributed by atoms with E-state index in [0.717, 1.165) is 18.8 Å². The van der Waals surface area contributed by atoms with Gasteiger partial charge in [-0.15, -0.1) is 0 Å². The van der Waals surface area contributed by atoms with Gasteiger partial charge in [0, 0.05) is 25.4 Å². The van der Waals surface area contributed by atoms with Crippen LogP contribution in [0.15, 0.2) is 36.8 Å². The number of nitrogens with one attached hydrogen (secondary N) is 1. The van der Waals surface area contributed by atoms with Crippen LogP contribution in [-0.2, 0) is 6.42 Å². The molecule has 1 aromatic carbocycles. The highest BCUT2D eigenvalue weighted by molar-refractivity contribution is 5.91. The van der Waals surface area contributed by atoms with Crippen molar-refractivity contribution in [3.8, 4) is 5.75 Å². The summed E-state index contributed by atoms with van der Waals surface area (Å²) in [5, 5.41) is 2.93. The van der Waals surface area contributed by atoms with Crippen LogP contribution in [0.3, 0.4) is 0 Å². The van der Waals surface area contributed by atoms with Crippen LogP contribution in [-0.4, -0.2) is 48.0 Å². The fraction of sp³-hybridized carbons (Fsp3) is 0.353. The first-order valence-corrected chi connectivity index (χ1v) is 7.61. The van der Waals surface area contributed by atoms with E-state index in [1.165, 1.54) is 23.5 Å². The Morgan fingerprint density at radius 3 is 3.00 bits per heavy atom. The van der Waals surface area contributed by atoms with E-state index in [9.17, 15) is 4.79 Å². The van der Waals surface area contributed by atoms with E-state index in [4.69, 9.17) is 4.74 Å². The number of fused-ring (bicyclic) bond motifs is 1. The minimum atomic E-state index is -0.213. The highest BCUT2D eigenvalue weighted by Gasteiger charge is 2.19. The first kappa shape index (κ1) is 15.4. The summed E-state index contributed by atoms with van der Waals surface area (Å²) in [6.45, 7) is 1.25. The van der Waals surface area contributed by atoms with Gasteiger partial charge < -0.3 is 15.0 Å². The second-order valence-corrected chi connectivity index (χ2v) is 5.75. The van der Waals surface area contributed by atoms with Crippen LogP contribution in [0.4, 0.5) is 0 Å². The van der Waals surface area contributed by atoms with Crippen molar-refractivity contribution in [2.45, 2.75) is 12.5 Å². The predicted molar refractivity (Wildman–Crippen MR) is 86.4 cm³/mol. The molecule has 6 nitrogen and oxygen atoms in total. The molecule has 0 spiro atoms. The Kier molecular flexibility index (Phi) is 4.52. The molecule has 2 heterocycles. The normalized spacial score (nSPS) is 14.2. The number of nitrogens with zero attached hydrogens (tertiary/aromatic N) is 3. The van der Waals surface area contributed by atoms with Gasteiger partial charge in [-0.25, -0.2) is 4.98 Å². The molecule has 1 amide bonds. The summed E-state index contributed by atoms with van der Waals surface area (Å²) in [6, 6.07) is 6.32. The molecule has 0 saturated heterocycles. The summed E-state index contributed by atoms with van der Waals surface area (Å²) in [4.78, 5) is 22.2. The smallest absolute Gasteiger partial charge is 0.271 e. The van der Waals surface area contributed by atoms with Crippen LogP contribution >= 0.6 is 0 Å². The van der Waals surface area contributed by atoms with Crippen LogP contribution in [0, 0.1) is 0 Å². The molecule has 120 valence electrons. The van der Waals surface area contributed by atoms with E-state index in [-0.39, 0.29) is 11.9 Å². The van der Waals surface area contributed by atoms with Gasteiger partial charge in [0.05, 0.1) is 18.8 Å². The first-order chi connectivity index (χ1) is 11.1. The van der Waals surface area contributed by atoms with Crippen LogP contribution in [0.5, 0.6) is 5.75 Å². The molecule has 6 heteroatoms. The second-order valence-electron chi connectivity index (χ2n) is 5.75. The molecule has 0 radical (unpaired) electrons. The lowest BCUT2D eigenvalue weighted by molar-refractivity contribution is 0.0936. The summed E-state index contributed by atoms with van der Waals surface area (Å²) in [5.74, 6) is 0.754. The summed E-state index contributed by atoms with van der Waals surface area (Å²) >= 11 is 0. The molecule has 0 aliphatic carbocycles. The van der Waals surface area contributed by atoms with Gasteiger partial charge in [0.15, 0.2) is 0 Å². The lowest BCUT2D eigenvalue weighted by Gasteiger charge is -2.25. The van der Waals surface area contributed by atoms with Gasteiger partial charge >= 0.3 is 0 Å². The number of amides is 1. The largest absolute Gasteiger partial charge is 0.493 e. The van der Waals surface area contributed by atoms with Gasteiger partial charge in [-0.1, -0.05) is 12.1 Å². The fourth-order valence-electron chi connectivity index (χ4n) is 2.71. The summed E-state index contributed by atoms with van der Waals surface area (Å²) in [7, 11) is 4.01. The predicted octanol–water partition coefficient (Wildman–Crippen LogP) is 1.44. The quantitative estimate of drug-likeness (QED) is 0.905. The maximum absolute atomic E-state index is 12.1. The number of ether oxygens (including phenoxy) is 1. The first-order valence-electron chi connectivity index (χ1n) is 7.61. The van der Waals surface area contributed by atoms with Crippen LogP contribution < -0.4 is 10.1 Å². The average Bonchev–Trinajstić information content (AvgIpc) is 3.03. The maximum Gasteiger partial charge on any atom is 0.271 e. The third-order valence-corrected chi connectivity index (χ3v) is 3.97. The molecular formula is C17H20N4O2. The van der Waals surface area contributed by atoms with Crippen molar-refractivity contribution in [1.82, 2.24) is 20.2 Å².